The zero-order valence-electron chi connectivity index (χ0n) is 21.6. The number of halogens is 3. The number of rotatable bonds is 6. The Kier molecular flexibility index (Phi) is 10.7. The molecule has 1 saturated heterocycles. The second-order valence-electron chi connectivity index (χ2n) is 9.43. The minimum absolute atomic E-state index is 0. The number of hydrogen-bond donors (Lipinski definition) is 1. The molecule has 1 fully saturated rings. The molecule has 0 bridgehead atoms. The predicted octanol–water partition coefficient (Wildman–Crippen LogP) is 7.20. The van der Waals surface area contributed by atoms with E-state index in [0.29, 0.717) is 6.04 Å². The van der Waals surface area contributed by atoms with Gasteiger partial charge in [0.2, 0.25) is 0 Å². The molecule has 1 aliphatic heterocycles. The van der Waals surface area contributed by atoms with E-state index in [1.807, 2.05) is 30.5 Å². The highest BCUT2D eigenvalue weighted by Crippen LogP contribution is 2.33. The lowest BCUT2D eigenvalue weighted by atomic mass is 10.0. The average molecular weight is 585 g/mol. The maximum absolute atomic E-state index is 5.52. The summed E-state index contributed by atoms with van der Waals surface area (Å²) in [4.78, 5) is 6.80. The first-order valence-corrected chi connectivity index (χ1v) is 12.5. The van der Waals surface area contributed by atoms with Gasteiger partial charge < -0.3 is 10.1 Å². The van der Waals surface area contributed by atoms with Gasteiger partial charge in [-0.3, -0.25) is 9.88 Å². The van der Waals surface area contributed by atoms with Crippen LogP contribution < -0.4 is 10.1 Å². The van der Waals surface area contributed by atoms with Gasteiger partial charge in [0.05, 0.1) is 7.11 Å². The van der Waals surface area contributed by atoms with Gasteiger partial charge in [-0.25, -0.2) is 0 Å². The molecule has 1 aliphatic rings. The van der Waals surface area contributed by atoms with E-state index < -0.39 is 0 Å². The van der Waals surface area contributed by atoms with Crippen LogP contribution in [0.5, 0.6) is 5.75 Å². The van der Waals surface area contributed by atoms with E-state index in [2.05, 4.69) is 73.9 Å². The number of methoxy groups -OCH3 is 1. The van der Waals surface area contributed by atoms with E-state index in [0.717, 1.165) is 66.1 Å². The number of likely N-dealkylation sites (tertiary alicyclic amines) is 1. The Balaban J connectivity index is 0.00000140. The van der Waals surface area contributed by atoms with Gasteiger partial charge in [0.25, 0.3) is 0 Å². The standard InChI is InChI=1S/C30H29N5O.3ClH/c1-36-26-10-11-27-28(18-26)30(34-33-29(27)24-7-4-14-31-19-24)32-25-12-15-35(16-13-25)20-21-8-9-22-5-2-3-6-23(22)17-21;;;/h2-11,14,17-19,25H,12-13,15-16,20H2,1H3,(H,32,34);3*1H. The number of nitrogens with one attached hydrogen (secondary N) is 1. The van der Waals surface area contributed by atoms with Crippen LogP contribution in [0.2, 0.25) is 0 Å². The van der Waals surface area contributed by atoms with Crippen LogP contribution >= 0.6 is 37.2 Å². The summed E-state index contributed by atoms with van der Waals surface area (Å²) in [5.74, 6) is 1.62. The number of ether oxygens (including phenoxy) is 1. The largest absolute Gasteiger partial charge is 0.497 e. The summed E-state index contributed by atoms with van der Waals surface area (Å²) in [6.45, 7) is 3.08. The van der Waals surface area contributed by atoms with Gasteiger partial charge in [0.1, 0.15) is 11.4 Å². The first kappa shape index (κ1) is 30.4. The number of anilines is 1. The third-order valence-corrected chi connectivity index (χ3v) is 7.07. The minimum Gasteiger partial charge on any atom is -0.497 e. The van der Waals surface area contributed by atoms with Gasteiger partial charge in [-0.15, -0.1) is 47.4 Å². The van der Waals surface area contributed by atoms with Crippen molar-refractivity contribution in [1.29, 1.82) is 0 Å². The van der Waals surface area contributed by atoms with Crippen molar-refractivity contribution in [2.75, 3.05) is 25.5 Å². The summed E-state index contributed by atoms with van der Waals surface area (Å²) in [5.41, 5.74) is 3.15. The fourth-order valence-corrected chi connectivity index (χ4v) is 5.11. The summed E-state index contributed by atoms with van der Waals surface area (Å²) in [7, 11) is 1.69. The van der Waals surface area contributed by atoms with Crippen LogP contribution in [0.15, 0.2) is 85.2 Å². The molecule has 1 N–H and O–H groups in total. The molecule has 0 atom stereocenters. The van der Waals surface area contributed by atoms with Crippen LogP contribution in [0.3, 0.4) is 0 Å². The molecule has 0 radical (unpaired) electrons. The highest BCUT2D eigenvalue weighted by Gasteiger charge is 2.21. The summed E-state index contributed by atoms with van der Waals surface area (Å²) in [5, 5.41) is 17.5. The van der Waals surface area contributed by atoms with E-state index in [1.54, 1.807) is 13.3 Å². The van der Waals surface area contributed by atoms with E-state index in [9.17, 15) is 0 Å². The Morgan fingerprint density at radius 3 is 2.38 bits per heavy atom. The molecule has 5 aromatic rings. The van der Waals surface area contributed by atoms with Crippen molar-refractivity contribution < 1.29 is 4.74 Å². The van der Waals surface area contributed by atoms with E-state index in [-0.39, 0.29) is 37.2 Å². The van der Waals surface area contributed by atoms with Crippen LogP contribution in [-0.4, -0.2) is 46.3 Å². The van der Waals surface area contributed by atoms with Crippen LogP contribution in [0.1, 0.15) is 18.4 Å². The number of piperidine rings is 1. The van der Waals surface area contributed by atoms with Gasteiger partial charge in [-0.05, 0) is 65.6 Å². The van der Waals surface area contributed by atoms with Crippen molar-refractivity contribution in [1.82, 2.24) is 20.1 Å². The fraction of sp³-hybridized carbons (Fsp3) is 0.233. The number of pyridine rings is 1. The van der Waals surface area contributed by atoms with Gasteiger partial charge >= 0.3 is 0 Å². The maximum atomic E-state index is 5.52. The molecule has 6 rings (SSSR count). The van der Waals surface area contributed by atoms with E-state index in [1.165, 1.54) is 16.3 Å². The zero-order chi connectivity index (χ0) is 24.3. The molecule has 3 heterocycles. The van der Waals surface area contributed by atoms with Crippen LogP contribution in [-0.2, 0) is 6.54 Å². The summed E-state index contributed by atoms with van der Waals surface area (Å²) in [6, 6.07) is 25.7. The van der Waals surface area contributed by atoms with Gasteiger partial charge in [0.15, 0.2) is 5.82 Å². The molecule has 39 heavy (non-hydrogen) atoms. The van der Waals surface area contributed by atoms with Crippen molar-refractivity contribution in [3.8, 4) is 17.0 Å². The quantitative estimate of drug-likeness (QED) is 0.228. The molecule has 2 aromatic heterocycles. The lowest BCUT2D eigenvalue weighted by molar-refractivity contribution is 0.211. The van der Waals surface area contributed by atoms with E-state index in [4.69, 9.17) is 4.74 Å². The molecule has 0 amide bonds. The van der Waals surface area contributed by atoms with Crippen LogP contribution in [0.25, 0.3) is 32.8 Å². The Labute approximate surface area is 247 Å². The molecule has 0 unspecified atom stereocenters. The second-order valence-corrected chi connectivity index (χ2v) is 9.43. The average Bonchev–Trinajstić information content (AvgIpc) is 2.94. The van der Waals surface area contributed by atoms with Crippen molar-refractivity contribution in [3.05, 3.63) is 90.8 Å². The highest BCUT2D eigenvalue weighted by atomic mass is 35.5. The van der Waals surface area contributed by atoms with Crippen LogP contribution in [0.4, 0.5) is 5.82 Å². The van der Waals surface area contributed by atoms with Crippen LogP contribution in [0, 0.1) is 0 Å². The maximum Gasteiger partial charge on any atom is 0.156 e. The van der Waals surface area contributed by atoms with Crippen molar-refractivity contribution in [3.63, 3.8) is 0 Å². The monoisotopic (exact) mass is 583 g/mol. The molecule has 204 valence electrons. The number of aromatic nitrogens is 3. The number of benzene rings is 3. The van der Waals surface area contributed by atoms with E-state index >= 15 is 0 Å². The molecule has 3 aromatic carbocycles. The third-order valence-electron chi connectivity index (χ3n) is 7.07. The summed E-state index contributed by atoms with van der Waals surface area (Å²) < 4.78 is 5.52. The fourth-order valence-electron chi connectivity index (χ4n) is 5.11. The molecule has 6 nitrogen and oxygen atoms in total. The summed E-state index contributed by atoms with van der Waals surface area (Å²) >= 11 is 0. The Morgan fingerprint density at radius 1 is 0.846 bits per heavy atom. The molecule has 9 heteroatoms. The van der Waals surface area contributed by atoms with Crippen molar-refractivity contribution in [2.45, 2.75) is 25.4 Å². The van der Waals surface area contributed by atoms with Gasteiger partial charge in [-0.2, -0.15) is 0 Å². The molecular formula is C30H32Cl3N5O. The minimum atomic E-state index is 0. The normalized spacial score (nSPS) is 13.7. The van der Waals surface area contributed by atoms with Gasteiger partial charge in [-0.1, -0.05) is 36.4 Å². The first-order chi connectivity index (χ1) is 17.8. The second kappa shape index (κ2) is 13.8. The predicted molar refractivity (Wildman–Crippen MR) is 167 cm³/mol. The highest BCUT2D eigenvalue weighted by molar-refractivity contribution is 6.00. The van der Waals surface area contributed by atoms with Crippen molar-refractivity contribution >= 4 is 64.6 Å². The van der Waals surface area contributed by atoms with Gasteiger partial charge in [0, 0.05) is 54.4 Å². The number of hydrogen-bond acceptors (Lipinski definition) is 6. The molecular weight excluding hydrogens is 553 g/mol. The third kappa shape index (κ3) is 6.71. The molecule has 0 aliphatic carbocycles. The van der Waals surface area contributed by atoms with Crippen molar-refractivity contribution in [2.24, 2.45) is 0 Å². The number of nitrogens with zero attached hydrogens (tertiary/aromatic N) is 4. The number of fused-ring (bicyclic) bond motifs is 2. The Morgan fingerprint density at radius 2 is 1.64 bits per heavy atom. The lowest BCUT2D eigenvalue weighted by Gasteiger charge is -2.32. The smallest absolute Gasteiger partial charge is 0.156 e. The summed E-state index contributed by atoms with van der Waals surface area (Å²) in [6.07, 6.45) is 5.71. The SMILES string of the molecule is COc1ccc2c(-c3cccnc3)nnc(NC3CCN(Cc4ccc5ccccc5c4)CC3)c2c1.Cl.Cl.Cl. The first-order valence-electron chi connectivity index (χ1n) is 12.5. The topological polar surface area (TPSA) is 63.2 Å². The zero-order valence-corrected chi connectivity index (χ0v) is 24.1. The Bertz CT molecular complexity index is 1510. The Hall–Kier alpha value is -3.16. The molecule has 0 saturated carbocycles. The lowest BCUT2D eigenvalue weighted by Crippen LogP contribution is -2.38. The molecule has 0 spiro atoms.